The summed E-state index contributed by atoms with van der Waals surface area (Å²) in [6.45, 7) is 11.3. The van der Waals surface area contributed by atoms with Gasteiger partial charge in [0.2, 0.25) is 5.76 Å². The number of ether oxygens (including phenoxy) is 2. The normalized spacial score (nSPS) is 15.8. The number of fused-ring (bicyclic) bond motifs is 1. The van der Waals surface area contributed by atoms with Gasteiger partial charge in [-0.3, -0.25) is 0 Å². The van der Waals surface area contributed by atoms with Gasteiger partial charge in [0, 0.05) is 11.6 Å². The number of rotatable bonds is 9. The average Bonchev–Trinajstić information content (AvgIpc) is 3.06. The van der Waals surface area contributed by atoms with Crippen molar-refractivity contribution in [3.63, 3.8) is 0 Å². The Balaban J connectivity index is 1.51. The van der Waals surface area contributed by atoms with E-state index >= 15 is 0 Å². The summed E-state index contributed by atoms with van der Waals surface area (Å²) in [7, 11) is 0. The highest BCUT2D eigenvalue weighted by Gasteiger charge is 2.21. The van der Waals surface area contributed by atoms with E-state index in [1.165, 1.54) is 25.9 Å². The molecule has 0 radical (unpaired) electrons. The number of carbonyl (C=O) groups is 1. The maximum atomic E-state index is 12.1. The maximum absolute atomic E-state index is 12.1. The van der Waals surface area contributed by atoms with Crippen molar-refractivity contribution in [3.8, 4) is 5.75 Å². The summed E-state index contributed by atoms with van der Waals surface area (Å²) < 4.78 is 16.8. The molecule has 1 N–H and O–H groups in total. The summed E-state index contributed by atoms with van der Waals surface area (Å²) in [4.78, 5) is 14.6. The van der Waals surface area contributed by atoms with Gasteiger partial charge in [-0.1, -0.05) is 13.0 Å². The van der Waals surface area contributed by atoms with Gasteiger partial charge in [0.25, 0.3) is 0 Å². The van der Waals surface area contributed by atoms with Gasteiger partial charge in [0.15, 0.2) is 0 Å². The molecule has 1 aliphatic heterocycles. The number of esters is 1. The second-order valence-electron chi connectivity index (χ2n) is 7.27. The fraction of sp³-hybridized carbons (Fsp3) is 0.591. The molecule has 0 amide bonds. The van der Waals surface area contributed by atoms with Crippen LogP contribution in [-0.2, 0) is 4.74 Å². The molecule has 1 fully saturated rings. The zero-order valence-corrected chi connectivity index (χ0v) is 17.3. The summed E-state index contributed by atoms with van der Waals surface area (Å²) in [5.74, 6) is 0.582. The van der Waals surface area contributed by atoms with E-state index < -0.39 is 5.97 Å². The Hall–Kier alpha value is -2.05. The molecular formula is C22H32N2O4. The molecular weight excluding hydrogens is 356 g/mol. The molecule has 0 atom stereocenters. The summed E-state index contributed by atoms with van der Waals surface area (Å²) in [5.41, 5.74) is 1.42. The van der Waals surface area contributed by atoms with Crippen LogP contribution in [0.4, 0.5) is 0 Å². The van der Waals surface area contributed by atoms with Crippen LogP contribution in [0.3, 0.4) is 0 Å². The molecule has 0 unspecified atom stereocenters. The van der Waals surface area contributed by atoms with Crippen molar-refractivity contribution in [2.24, 2.45) is 0 Å². The minimum absolute atomic E-state index is 0.257. The first-order valence-corrected chi connectivity index (χ1v) is 10.4. The molecule has 154 valence electrons. The van der Waals surface area contributed by atoms with Crippen LogP contribution < -0.4 is 10.1 Å². The lowest BCUT2D eigenvalue weighted by molar-refractivity contribution is 0.0491. The van der Waals surface area contributed by atoms with Crippen molar-refractivity contribution in [2.75, 3.05) is 39.4 Å². The quantitative estimate of drug-likeness (QED) is 0.521. The Morgan fingerprint density at radius 3 is 2.79 bits per heavy atom. The van der Waals surface area contributed by atoms with Crippen LogP contribution in [0.25, 0.3) is 11.0 Å². The predicted octanol–water partition coefficient (Wildman–Crippen LogP) is 3.76. The minimum atomic E-state index is -0.430. The van der Waals surface area contributed by atoms with Crippen LogP contribution in [0.15, 0.2) is 22.6 Å². The molecule has 1 saturated heterocycles. The summed E-state index contributed by atoms with van der Waals surface area (Å²) in [6, 6.07) is 6.28. The highest BCUT2D eigenvalue weighted by Crippen LogP contribution is 2.33. The predicted molar refractivity (Wildman–Crippen MR) is 110 cm³/mol. The fourth-order valence-electron chi connectivity index (χ4n) is 3.79. The van der Waals surface area contributed by atoms with Crippen molar-refractivity contribution in [2.45, 2.75) is 46.1 Å². The third-order valence-corrected chi connectivity index (χ3v) is 5.42. The molecule has 0 aliphatic carbocycles. The number of nitrogens with zero attached hydrogens (tertiary/aromatic N) is 1. The van der Waals surface area contributed by atoms with E-state index in [1.807, 2.05) is 25.1 Å². The van der Waals surface area contributed by atoms with Gasteiger partial charge >= 0.3 is 5.97 Å². The number of piperidine rings is 1. The van der Waals surface area contributed by atoms with Crippen LogP contribution in [0, 0.1) is 6.92 Å². The van der Waals surface area contributed by atoms with E-state index in [9.17, 15) is 4.79 Å². The topological polar surface area (TPSA) is 63.9 Å². The third kappa shape index (κ3) is 4.86. The lowest BCUT2D eigenvalue weighted by atomic mass is 10.1. The van der Waals surface area contributed by atoms with Gasteiger partial charge < -0.3 is 24.1 Å². The monoisotopic (exact) mass is 388 g/mol. The van der Waals surface area contributed by atoms with Crippen LogP contribution in [0.2, 0.25) is 0 Å². The van der Waals surface area contributed by atoms with E-state index in [2.05, 4.69) is 17.1 Å². The van der Waals surface area contributed by atoms with E-state index in [4.69, 9.17) is 13.9 Å². The molecule has 3 rings (SSSR count). The zero-order valence-electron chi connectivity index (χ0n) is 17.3. The second kappa shape index (κ2) is 9.94. The molecule has 1 aromatic heterocycles. The first kappa shape index (κ1) is 20.7. The van der Waals surface area contributed by atoms with Gasteiger partial charge in [-0.15, -0.1) is 0 Å². The zero-order chi connectivity index (χ0) is 19.9. The Bertz CT molecular complexity index is 778. The molecule has 6 heteroatoms. The number of hydrogen-bond donors (Lipinski definition) is 1. The van der Waals surface area contributed by atoms with Gasteiger partial charge in [0.1, 0.15) is 11.3 Å². The van der Waals surface area contributed by atoms with E-state index in [1.54, 1.807) is 6.92 Å². The lowest BCUT2D eigenvalue weighted by Gasteiger charge is -2.31. The number of carbonyl (C=O) groups excluding carboxylic acids is 1. The molecule has 2 heterocycles. The molecule has 0 bridgehead atoms. The highest BCUT2D eigenvalue weighted by atomic mass is 16.5. The molecule has 28 heavy (non-hydrogen) atoms. The van der Waals surface area contributed by atoms with Crippen molar-refractivity contribution in [1.82, 2.24) is 10.2 Å². The van der Waals surface area contributed by atoms with Gasteiger partial charge in [-0.2, -0.15) is 0 Å². The Morgan fingerprint density at radius 2 is 2.07 bits per heavy atom. The molecule has 0 saturated carbocycles. The van der Waals surface area contributed by atoms with Crippen molar-refractivity contribution in [1.29, 1.82) is 0 Å². The SMILES string of the molecule is CCOC(=O)c1oc2cccc(OCCCNC3CCN(CC)CC3)c2c1C. The van der Waals surface area contributed by atoms with Crippen LogP contribution >= 0.6 is 0 Å². The first-order valence-electron chi connectivity index (χ1n) is 10.4. The number of benzene rings is 1. The van der Waals surface area contributed by atoms with Gasteiger partial charge in [-0.25, -0.2) is 4.79 Å². The fourth-order valence-corrected chi connectivity index (χ4v) is 3.79. The summed E-state index contributed by atoms with van der Waals surface area (Å²) in [6.07, 6.45) is 3.38. The Morgan fingerprint density at radius 1 is 1.29 bits per heavy atom. The van der Waals surface area contributed by atoms with Crippen LogP contribution in [-0.4, -0.2) is 56.3 Å². The van der Waals surface area contributed by atoms with Crippen molar-refractivity contribution in [3.05, 3.63) is 29.5 Å². The van der Waals surface area contributed by atoms with Crippen molar-refractivity contribution < 1.29 is 18.7 Å². The molecule has 1 aromatic carbocycles. The average molecular weight is 389 g/mol. The van der Waals surface area contributed by atoms with E-state index in [0.717, 1.165) is 36.2 Å². The second-order valence-corrected chi connectivity index (χ2v) is 7.27. The minimum Gasteiger partial charge on any atom is -0.493 e. The molecule has 2 aromatic rings. The highest BCUT2D eigenvalue weighted by molar-refractivity contribution is 5.98. The molecule has 1 aliphatic rings. The number of aryl methyl sites for hydroxylation is 1. The van der Waals surface area contributed by atoms with Crippen LogP contribution in [0.1, 0.15) is 49.2 Å². The molecule has 6 nitrogen and oxygen atoms in total. The maximum Gasteiger partial charge on any atom is 0.374 e. The number of likely N-dealkylation sites (tertiary alicyclic amines) is 1. The number of furan rings is 1. The van der Waals surface area contributed by atoms with Crippen molar-refractivity contribution >= 4 is 16.9 Å². The van der Waals surface area contributed by atoms with Crippen LogP contribution in [0.5, 0.6) is 5.75 Å². The third-order valence-electron chi connectivity index (χ3n) is 5.42. The lowest BCUT2D eigenvalue weighted by Crippen LogP contribution is -2.42. The van der Waals surface area contributed by atoms with E-state index in [-0.39, 0.29) is 5.76 Å². The summed E-state index contributed by atoms with van der Waals surface area (Å²) >= 11 is 0. The Kier molecular flexibility index (Phi) is 7.34. The first-order chi connectivity index (χ1) is 13.6. The van der Waals surface area contributed by atoms with Gasteiger partial charge in [-0.05, 0) is 71.4 Å². The van der Waals surface area contributed by atoms with E-state index in [0.29, 0.717) is 24.8 Å². The standard InChI is InChI=1S/C22H32N2O4/c1-4-24-13-10-17(11-14-24)23-12-7-15-27-18-8-6-9-19-20(18)16(3)21(28-19)22(25)26-5-2/h6,8-9,17,23H,4-5,7,10-15H2,1-3H3. The Labute approximate surface area is 167 Å². The smallest absolute Gasteiger partial charge is 0.374 e. The largest absolute Gasteiger partial charge is 0.493 e. The molecule has 0 spiro atoms. The van der Waals surface area contributed by atoms with Gasteiger partial charge in [0.05, 0.1) is 18.6 Å². The summed E-state index contributed by atoms with van der Waals surface area (Å²) in [5, 5.41) is 4.50. The number of nitrogens with one attached hydrogen (secondary N) is 1. The number of hydrogen-bond acceptors (Lipinski definition) is 6.